The van der Waals surface area contributed by atoms with Gasteiger partial charge in [-0.2, -0.15) is 0 Å². The van der Waals surface area contributed by atoms with E-state index in [1.165, 1.54) is 0 Å². The summed E-state index contributed by atoms with van der Waals surface area (Å²) in [5.41, 5.74) is -1.14. The van der Waals surface area contributed by atoms with Crippen LogP contribution in [0.25, 0.3) is 0 Å². The van der Waals surface area contributed by atoms with Crippen LogP contribution in [0.4, 0.5) is 4.79 Å². The first kappa shape index (κ1) is 26.5. The van der Waals surface area contributed by atoms with Gasteiger partial charge in [0.15, 0.2) is 5.96 Å². The van der Waals surface area contributed by atoms with Gasteiger partial charge >= 0.3 is 6.09 Å². The van der Waals surface area contributed by atoms with Crippen molar-refractivity contribution < 1.29 is 13.9 Å². The number of amides is 1. The normalized spacial score (nSPS) is 12.8. The number of halogens is 1. The maximum atomic E-state index is 12.0. The number of hydrogen-bond donors (Lipinski definition) is 3. The van der Waals surface area contributed by atoms with Crippen LogP contribution in [0.2, 0.25) is 0 Å². The predicted molar refractivity (Wildman–Crippen MR) is 122 cm³/mol. The molecule has 1 rings (SSSR count). The summed E-state index contributed by atoms with van der Waals surface area (Å²) >= 11 is 0. The molecule has 0 aliphatic rings. The van der Waals surface area contributed by atoms with E-state index in [0.29, 0.717) is 24.9 Å². The molecule has 0 atom stereocenters. The largest absolute Gasteiger partial charge is 0.444 e. The predicted octanol–water partition coefficient (Wildman–Crippen LogP) is 3.56. The highest BCUT2D eigenvalue weighted by atomic mass is 127. The van der Waals surface area contributed by atoms with Gasteiger partial charge in [-0.05, 0) is 34.6 Å². The lowest BCUT2D eigenvalue weighted by molar-refractivity contribution is 0.0474. The minimum absolute atomic E-state index is 0. The molecule has 0 saturated heterocycles. The summed E-state index contributed by atoms with van der Waals surface area (Å²) in [6.07, 6.45) is 1.30. The van der Waals surface area contributed by atoms with Crippen LogP contribution in [0.3, 0.4) is 0 Å². The van der Waals surface area contributed by atoms with E-state index in [4.69, 9.17) is 9.15 Å². The zero-order valence-corrected chi connectivity index (χ0v) is 20.8. The molecule has 1 aromatic rings. The van der Waals surface area contributed by atoms with Gasteiger partial charge < -0.3 is 25.1 Å². The molecule has 3 N–H and O–H groups in total. The number of hydrogen-bond acceptors (Lipinski definition) is 5. The van der Waals surface area contributed by atoms with Crippen molar-refractivity contribution in [1.82, 2.24) is 20.9 Å². The van der Waals surface area contributed by atoms with Gasteiger partial charge in [0.1, 0.15) is 11.4 Å². The third-order valence-corrected chi connectivity index (χ3v) is 3.46. The zero-order chi connectivity index (χ0) is 20.9. The number of aliphatic imine (C=N–C) groups is 1. The van der Waals surface area contributed by atoms with Crippen LogP contribution in [-0.4, -0.2) is 41.8 Å². The van der Waals surface area contributed by atoms with E-state index in [9.17, 15) is 4.79 Å². The Morgan fingerprint density at radius 2 is 1.75 bits per heavy atom. The monoisotopic (exact) mass is 509 g/mol. The lowest BCUT2D eigenvalue weighted by atomic mass is 9.94. The van der Waals surface area contributed by atoms with Gasteiger partial charge in [0.25, 0.3) is 0 Å². The first-order valence-corrected chi connectivity index (χ1v) is 9.13. The van der Waals surface area contributed by atoms with Crippen LogP contribution in [-0.2, 0) is 16.7 Å². The molecule has 0 radical (unpaired) electrons. The van der Waals surface area contributed by atoms with Crippen LogP contribution in [0.15, 0.2) is 15.6 Å². The van der Waals surface area contributed by atoms with Crippen molar-refractivity contribution in [3.63, 3.8) is 0 Å². The number of nitrogens with zero attached hydrogens (tertiary/aromatic N) is 2. The van der Waals surface area contributed by atoms with Crippen molar-refractivity contribution >= 4 is 36.0 Å². The fraction of sp³-hybridized carbons (Fsp3) is 0.737. The molecule has 162 valence electrons. The summed E-state index contributed by atoms with van der Waals surface area (Å²) < 4.78 is 11.1. The molecule has 0 saturated carbocycles. The molecule has 1 aromatic heterocycles. The Kier molecular flexibility index (Phi) is 9.75. The van der Waals surface area contributed by atoms with E-state index in [1.54, 1.807) is 13.2 Å². The van der Waals surface area contributed by atoms with Gasteiger partial charge in [-0.15, -0.1) is 24.0 Å². The van der Waals surface area contributed by atoms with E-state index in [-0.39, 0.29) is 29.4 Å². The zero-order valence-electron chi connectivity index (χ0n) is 18.5. The first-order valence-electron chi connectivity index (χ1n) is 9.13. The molecular weight excluding hydrogens is 473 g/mol. The topological polar surface area (TPSA) is 101 Å². The number of alkyl carbamates (subject to hydrolysis) is 1. The van der Waals surface area contributed by atoms with Crippen molar-refractivity contribution in [3.05, 3.63) is 17.8 Å². The Balaban J connectivity index is 0.00000729. The van der Waals surface area contributed by atoms with Crippen LogP contribution < -0.4 is 16.0 Å². The summed E-state index contributed by atoms with van der Waals surface area (Å²) in [5, 5.41) is 9.19. The molecule has 9 heteroatoms. The average Bonchev–Trinajstić information content (AvgIpc) is 2.93. The van der Waals surface area contributed by atoms with Crippen LogP contribution >= 0.6 is 24.0 Å². The van der Waals surface area contributed by atoms with Gasteiger partial charge in [-0.1, -0.05) is 20.8 Å². The van der Waals surface area contributed by atoms with E-state index in [2.05, 4.69) is 46.7 Å². The maximum Gasteiger partial charge on any atom is 0.408 e. The van der Waals surface area contributed by atoms with E-state index >= 15 is 0 Å². The van der Waals surface area contributed by atoms with E-state index in [1.807, 2.05) is 34.6 Å². The van der Waals surface area contributed by atoms with Gasteiger partial charge in [0.05, 0.1) is 18.3 Å². The van der Waals surface area contributed by atoms with Crippen molar-refractivity contribution in [3.8, 4) is 0 Å². The number of oxazole rings is 1. The summed E-state index contributed by atoms with van der Waals surface area (Å²) in [5.74, 6) is 2.02. The van der Waals surface area contributed by atoms with Gasteiger partial charge in [0, 0.05) is 19.0 Å². The van der Waals surface area contributed by atoms with Gasteiger partial charge in [-0.25, -0.2) is 9.78 Å². The number of nitrogens with one attached hydrogen (secondary N) is 3. The smallest absolute Gasteiger partial charge is 0.408 e. The highest BCUT2D eigenvalue weighted by Gasteiger charge is 2.25. The molecule has 0 aliphatic heterocycles. The van der Waals surface area contributed by atoms with Crippen LogP contribution in [0, 0.1) is 0 Å². The molecule has 0 unspecified atom stereocenters. The minimum Gasteiger partial charge on any atom is -0.444 e. The van der Waals surface area contributed by atoms with Gasteiger partial charge in [0.2, 0.25) is 5.89 Å². The molecule has 0 aromatic carbocycles. The van der Waals surface area contributed by atoms with E-state index in [0.717, 1.165) is 5.76 Å². The molecule has 0 fully saturated rings. The molecule has 0 aliphatic carbocycles. The maximum absolute atomic E-state index is 12.0. The Morgan fingerprint density at radius 1 is 1.14 bits per heavy atom. The van der Waals surface area contributed by atoms with Crippen molar-refractivity contribution in [2.24, 2.45) is 4.99 Å². The van der Waals surface area contributed by atoms with Crippen LogP contribution in [0.1, 0.15) is 67.0 Å². The number of guanidine groups is 1. The standard InChI is InChI=1S/C19H35N5O3.HI/c1-17(2,3)13-10-21-14(26-13)11-22-15(20-9)23-12-19(7,8)24-16(25)27-18(4,5)6;/h10H,11-12H2,1-9H3,(H,24,25)(H2,20,22,23);1H. The van der Waals surface area contributed by atoms with Crippen molar-refractivity contribution in [2.75, 3.05) is 13.6 Å². The molecule has 1 heterocycles. The fourth-order valence-corrected chi connectivity index (χ4v) is 2.05. The minimum atomic E-state index is -0.535. The molecule has 0 bridgehead atoms. The fourth-order valence-electron chi connectivity index (χ4n) is 2.05. The SMILES string of the molecule is CN=C(NCc1ncc(C(C)(C)C)o1)NCC(C)(C)NC(=O)OC(C)(C)C.I. The van der Waals surface area contributed by atoms with E-state index < -0.39 is 17.2 Å². The van der Waals surface area contributed by atoms with Crippen molar-refractivity contribution in [2.45, 2.75) is 78.5 Å². The molecule has 28 heavy (non-hydrogen) atoms. The molecular formula is C19H36IN5O3. The molecule has 0 spiro atoms. The number of aromatic nitrogens is 1. The molecule has 8 nitrogen and oxygen atoms in total. The van der Waals surface area contributed by atoms with Crippen LogP contribution in [0.5, 0.6) is 0 Å². The highest BCUT2D eigenvalue weighted by Crippen LogP contribution is 2.22. The Morgan fingerprint density at radius 3 is 2.21 bits per heavy atom. The Bertz CT molecular complexity index is 657. The summed E-state index contributed by atoms with van der Waals surface area (Å²) in [6, 6.07) is 0. The second-order valence-electron chi connectivity index (χ2n) is 9.16. The third kappa shape index (κ3) is 10.1. The summed E-state index contributed by atoms with van der Waals surface area (Å²) in [6.45, 7) is 16.4. The Hall–Kier alpha value is -1.52. The average molecular weight is 509 g/mol. The highest BCUT2D eigenvalue weighted by molar-refractivity contribution is 14.0. The first-order chi connectivity index (χ1) is 12.2. The van der Waals surface area contributed by atoms with Gasteiger partial charge in [-0.3, -0.25) is 4.99 Å². The lowest BCUT2D eigenvalue weighted by Gasteiger charge is -2.29. The second kappa shape index (κ2) is 10.3. The summed E-state index contributed by atoms with van der Waals surface area (Å²) in [4.78, 5) is 20.4. The Labute approximate surface area is 185 Å². The number of rotatable bonds is 5. The quantitative estimate of drug-likeness (QED) is 0.319. The second-order valence-corrected chi connectivity index (χ2v) is 9.16. The lowest BCUT2D eigenvalue weighted by Crippen LogP contribution is -2.54. The third-order valence-electron chi connectivity index (χ3n) is 3.46. The number of ether oxygens (including phenoxy) is 1. The number of carbonyl (C=O) groups excluding carboxylic acids is 1. The number of carbonyl (C=O) groups is 1. The summed E-state index contributed by atoms with van der Waals surface area (Å²) in [7, 11) is 1.68. The molecule has 1 amide bonds. The van der Waals surface area contributed by atoms with Crippen molar-refractivity contribution in [1.29, 1.82) is 0 Å².